The van der Waals surface area contributed by atoms with Gasteiger partial charge in [-0.15, -0.1) is 0 Å². The van der Waals surface area contributed by atoms with E-state index in [2.05, 4.69) is 54.7 Å². The monoisotopic (exact) mass is 273 g/mol. The maximum atomic E-state index is 6.15. The quantitative estimate of drug-likeness (QED) is 0.818. The summed E-state index contributed by atoms with van der Waals surface area (Å²) >= 11 is 6.15. The van der Waals surface area contributed by atoms with Crippen molar-refractivity contribution in [3.8, 4) is 0 Å². The molecule has 0 heterocycles. The third-order valence-corrected chi connectivity index (χ3v) is 3.81. The van der Waals surface area contributed by atoms with Crippen LogP contribution in [0.4, 0.5) is 0 Å². The third-order valence-electron chi connectivity index (χ3n) is 3.40. The Morgan fingerprint density at radius 3 is 2.47 bits per heavy atom. The number of rotatable bonds is 5. The summed E-state index contributed by atoms with van der Waals surface area (Å²) in [5, 5.41) is 4.43. The van der Waals surface area contributed by atoms with Crippen LogP contribution in [0.25, 0.3) is 0 Å². The number of hydrogen-bond donors (Lipinski definition) is 1. The highest BCUT2D eigenvalue weighted by Crippen LogP contribution is 2.19. The van der Waals surface area contributed by atoms with Crippen LogP contribution in [0.3, 0.4) is 0 Å². The highest BCUT2D eigenvalue weighted by Gasteiger charge is 2.08. The SMILES string of the molecule is CCC(NCc1ccc(C)c(Cl)c1)c1ccccc1. The van der Waals surface area contributed by atoms with Gasteiger partial charge in [0.2, 0.25) is 0 Å². The molecule has 0 saturated heterocycles. The van der Waals surface area contributed by atoms with E-state index in [-0.39, 0.29) is 0 Å². The highest BCUT2D eigenvalue weighted by molar-refractivity contribution is 6.31. The van der Waals surface area contributed by atoms with Crippen molar-refractivity contribution in [2.75, 3.05) is 0 Å². The van der Waals surface area contributed by atoms with E-state index in [0.29, 0.717) is 6.04 Å². The van der Waals surface area contributed by atoms with Crippen molar-refractivity contribution in [2.45, 2.75) is 32.9 Å². The minimum absolute atomic E-state index is 0.390. The van der Waals surface area contributed by atoms with Crippen molar-refractivity contribution in [3.05, 3.63) is 70.2 Å². The van der Waals surface area contributed by atoms with Gasteiger partial charge in [-0.1, -0.05) is 61.0 Å². The van der Waals surface area contributed by atoms with Gasteiger partial charge >= 0.3 is 0 Å². The summed E-state index contributed by atoms with van der Waals surface area (Å²) in [5.41, 5.74) is 3.69. The lowest BCUT2D eigenvalue weighted by molar-refractivity contribution is 0.519. The van der Waals surface area contributed by atoms with Gasteiger partial charge in [0, 0.05) is 17.6 Å². The number of halogens is 1. The van der Waals surface area contributed by atoms with Gasteiger partial charge in [-0.25, -0.2) is 0 Å². The predicted molar refractivity (Wildman–Crippen MR) is 82.5 cm³/mol. The van der Waals surface area contributed by atoms with Crippen LogP contribution in [0.5, 0.6) is 0 Å². The standard InChI is InChI=1S/C17H20ClN/c1-3-17(15-7-5-4-6-8-15)19-12-14-10-9-13(2)16(18)11-14/h4-11,17,19H,3,12H2,1-2H3. The van der Waals surface area contributed by atoms with Crippen molar-refractivity contribution in [1.82, 2.24) is 5.32 Å². The molecule has 1 nitrogen and oxygen atoms in total. The second-order valence-corrected chi connectivity index (χ2v) is 5.24. The smallest absolute Gasteiger partial charge is 0.0438 e. The summed E-state index contributed by atoms with van der Waals surface area (Å²) in [4.78, 5) is 0. The molecule has 0 radical (unpaired) electrons. The molecule has 0 aliphatic heterocycles. The van der Waals surface area contributed by atoms with Crippen LogP contribution in [0.1, 0.15) is 36.1 Å². The van der Waals surface area contributed by atoms with Crippen LogP contribution in [0, 0.1) is 6.92 Å². The molecule has 0 amide bonds. The average molecular weight is 274 g/mol. The molecular formula is C17H20ClN. The van der Waals surface area contributed by atoms with Crippen molar-refractivity contribution in [1.29, 1.82) is 0 Å². The normalized spacial score (nSPS) is 12.4. The van der Waals surface area contributed by atoms with E-state index in [1.54, 1.807) is 0 Å². The van der Waals surface area contributed by atoms with Crippen LogP contribution < -0.4 is 5.32 Å². The maximum Gasteiger partial charge on any atom is 0.0438 e. The zero-order chi connectivity index (χ0) is 13.7. The van der Waals surface area contributed by atoms with Crippen molar-refractivity contribution in [3.63, 3.8) is 0 Å². The van der Waals surface area contributed by atoms with Gasteiger partial charge in [0.25, 0.3) is 0 Å². The first-order valence-electron chi connectivity index (χ1n) is 6.74. The van der Waals surface area contributed by atoms with Crippen LogP contribution in [-0.2, 0) is 6.54 Å². The third kappa shape index (κ3) is 3.82. The topological polar surface area (TPSA) is 12.0 Å². The zero-order valence-corrected chi connectivity index (χ0v) is 12.2. The first-order chi connectivity index (χ1) is 9.20. The molecule has 0 aliphatic carbocycles. The molecule has 0 bridgehead atoms. The van der Waals surface area contributed by atoms with Gasteiger partial charge < -0.3 is 5.32 Å². The van der Waals surface area contributed by atoms with E-state index in [1.165, 1.54) is 11.1 Å². The van der Waals surface area contributed by atoms with Crippen molar-refractivity contribution < 1.29 is 0 Å². The molecule has 1 atom stereocenters. The first kappa shape index (κ1) is 14.1. The van der Waals surface area contributed by atoms with E-state index in [1.807, 2.05) is 13.0 Å². The number of nitrogens with one attached hydrogen (secondary N) is 1. The van der Waals surface area contributed by atoms with Crippen LogP contribution >= 0.6 is 11.6 Å². The fourth-order valence-corrected chi connectivity index (χ4v) is 2.37. The number of benzene rings is 2. The first-order valence-corrected chi connectivity index (χ1v) is 7.12. The molecule has 2 rings (SSSR count). The molecular weight excluding hydrogens is 254 g/mol. The van der Waals surface area contributed by atoms with Gasteiger partial charge in [-0.3, -0.25) is 0 Å². The molecule has 1 unspecified atom stereocenters. The summed E-state index contributed by atoms with van der Waals surface area (Å²) < 4.78 is 0. The van der Waals surface area contributed by atoms with Gasteiger partial charge in [0.05, 0.1) is 0 Å². The van der Waals surface area contributed by atoms with E-state index < -0.39 is 0 Å². The molecule has 0 spiro atoms. The lowest BCUT2D eigenvalue weighted by Crippen LogP contribution is -2.20. The van der Waals surface area contributed by atoms with Gasteiger partial charge in [-0.05, 0) is 36.1 Å². The summed E-state index contributed by atoms with van der Waals surface area (Å²) in [6.45, 7) is 5.07. The Bertz CT molecular complexity index is 522. The Labute approximate surface area is 120 Å². The van der Waals surface area contributed by atoms with Crippen molar-refractivity contribution in [2.24, 2.45) is 0 Å². The minimum Gasteiger partial charge on any atom is -0.306 e. The number of hydrogen-bond acceptors (Lipinski definition) is 1. The minimum atomic E-state index is 0.390. The average Bonchev–Trinajstić information content (AvgIpc) is 2.44. The number of aryl methyl sites for hydroxylation is 1. The molecule has 2 aromatic rings. The van der Waals surface area contributed by atoms with Crippen molar-refractivity contribution >= 4 is 11.6 Å². The lowest BCUT2D eigenvalue weighted by atomic mass is 10.0. The Balaban J connectivity index is 2.02. The molecule has 0 aromatic heterocycles. The Morgan fingerprint density at radius 1 is 1.11 bits per heavy atom. The maximum absolute atomic E-state index is 6.15. The van der Waals surface area contributed by atoms with E-state index in [9.17, 15) is 0 Å². The summed E-state index contributed by atoms with van der Waals surface area (Å²) in [6, 6.07) is 17.2. The van der Waals surface area contributed by atoms with E-state index >= 15 is 0 Å². The van der Waals surface area contributed by atoms with Gasteiger partial charge in [0.15, 0.2) is 0 Å². The van der Waals surface area contributed by atoms with Crippen LogP contribution in [-0.4, -0.2) is 0 Å². The summed E-state index contributed by atoms with van der Waals surface area (Å²) in [6.07, 6.45) is 1.07. The van der Waals surface area contributed by atoms with Crippen LogP contribution in [0.15, 0.2) is 48.5 Å². The Morgan fingerprint density at radius 2 is 1.84 bits per heavy atom. The zero-order valence-electron chi connectivity index (χ0n) is 11.5. The van der Waals surface area contributed by atoms with E-state index in [4.69, 9.17) is 11.6 Å². The lowest BCUT2D eigenvalue weighted by Gasteiger charge is -2.17. The molecule has 0 aliphatic rings. The molecule has 0 saturated carbocycles. The molecule has 2 aromatic carbocycles. The summed E-state index contributed by atoms with van der Waals surface area (Å²) in [7, 11) is 0. The highest BCUT2D eigenvalue weighted by atomic mass is 35.5. The van der Waals surface area contributed by atoms with Gasteiger partial charge in [-0.2, -0.15) is 0 Å². The molecule has 2 heteroatoms. The molecule has 19 heavy (non-hydrogen) atoms. The second-order valence-electron chi connectivity index (χ2n) is 4.84. The molecule has 0 fully saturated rings. The Hall–Kier alpha value is -1.31. The molecule has 100 valence electrons. The fourth-order valence-electron chi connectivity index (χ4n) is 2.17. The fraction of sp³-hybridized carbons (Fsp3) is 0.294. The van der Waals surface area contributed by atoms with Gasteiger partial charge in [0.1, 0.15) is 0 Å². The van der Waals surface area contributed by atoms with E-state index in [0.717, 1.165) is 23.6 Å². The summed E-state index contributed by atoms with van der Waals surface area (Å²) in [5.74, 6) is 0. The Kier molecular flexibility index (Phi) is 5.00. The largest absolute Gasteiger partial charge is 0.306 e. The second kappa shape index (κ2) is 6.74. The van der Waals surface area contributed by atoms with Crippen LogP contribution in [0.2, 0.25) is 5.02 Å². The molecule has 1 N–H and O–H groups in total. The predicted octanol–water partition coefficient (Wildman–Crippen LogP) is 4.89.